The number of rotatable bonds is 5. The summed E-state index contributed by atoms with van der Waals surface area (Å²) in [4.78, 5) is 0. The summed E-state index contributed by atoms with van der Waals surface area (Å²) in [6, 6.07) is 1.13. The Kier molecular flexibility index (Phi) is 10.2. The molecule has 0 atom stereocenters. The van der Waals surface area contributed by atoms with Crippen molar-refractivity contribution in [1.29, 1.82) is 0 Å². The van der Waals surface area contributed by atoms with E-state index in [4.69, 9.17) is 8.85 Å². The Hall–Kier alpha value is 0.0969. The fourth-order valence-electron chi connectivity index (χ4n) is 0.801. The monoisotopic (exact) mass is 179 g/mol. The minimum atomic E-state index is -1.25. The van der Waals surface area contributed by atoms with Crippen LogP contribution in [0, 0.1) is 5.92 Å². The maximum Gasteiger partial charge on any atom is 0.320 e. The zero-order chi connectivity index (χ0) is 7.98. The SMILES string of the molecule is CO[SiH](CCC(C)C)OC.N. The van der Waals surface area contributed by atoms with Crippen molar-refractivity contribution >= 4 is 9.28 Å². The average molecular weight is 179 g/mol. The Labute approximate surface area is 71.5 Å². The van der Waals surface area contributed by atoms with Gasteiger partial charge in [-0.2, -0.15) is 0 Å². The first-order valence-corrected chi connectivity index (χ1v) is 5.52. The first-order chi connectivity index (χ1) is 4.70. The molecule has 0 radical (unpaired) electrons. The van der Waals surface area contributed by atoms with Crippen LogP contribution in [0.2, 0.25) is 6.04 Å². The Morgan fingerprint density at radius 3 is 1.91 bits per heavy atom. The fourth-order valence-corrected chi connectivity index (χ4v) is 2.40. The molecule has 0 bridgehead atoms. The van der Waals surface area contributed by atoms with Crippen LogP contribution in [-0.2, 0) is 8.85 Å². The lowest BCUT2D eigenvalue weighted by Gasteiger charge is -2.11. The van der Waals surface area contributed by atoms with Crippen LogP contribution in [0.15, 0.2) is 0 Å². The molecular weight excluding hydrogens is 158 g/mol. The van der Waals surface area contributed by atoms with E-state index in [1.54, 1.807) is 14.2 Å². The van der Waals surface area contributed by atoms with Gasteiger partial charge in [0.15, 0.2) is 0 Å². The maximum atomic E-state index is 5.17. The lowest BCUT2D eigenvalue weighted by Crippen LogP contribution is -2.19. The van der Waals surface area contributed by atoms with E-state index in [9.17, 15) is 0 Å². The van der Waals surface area contributed by atoms with Crippen LogP contribution in [0.25, 0.3) is 0 Å². The van der Waals surface area contributed by atoms with Gasteiger partial charge >= 0.3 is 9.28 Å². The van der Waals surface area contributed by atoms with E-state index >= 15 is 0 Å². The standard InChI is InChI=1S/C7H18O2Si.H3N/c1-7(2)5-6-10(8-3)9-4;/h7,10H,5-6H2,1-4H3;1H3. The molecule has 11 heavy (non-hydrogen) atoms. The highest BCUT2D eigenvalue weighted by atomic mass is 28.3. The van der Waals surface area contributed by atoms with E-state index in [0.29, 0.717) is 0 Å². The first-order valence-electron chi connectivity index (χ1n) is 3.76. The molecule has 0 aromatic heterocycles. The summed E-state index contributed by atoms with van der Waals surface area (Å²) in [5.74, 6) is 0.764. The minimum Gasteiger partial charge on any atom is -0.400 e. The smallest absolute Gasteiger partial charge is 0.320 e. The number of hydrogen-bond acceptors (Lipinski definition) is 3. The second-order valence-corrected chi connectivity index (χ2v) is 5.25. The van der Waals surface area contributed by atoms with Gasteiger partial charge < -0.3 is 15.0 Å². The van der Waals surface area contributed by atoms with Crippen molar-refractivity contribution in [2.75, 3.05) is 14.2 Å². The summed E-state index contributed by atoms with van der Waals surface area (Å²) < 4.78 is 10.3. The van der Waals surface area contributed by atoms with E-state index in [1.807, 2.05) is 0 Å². The van der Waals surface area contributed by atoms with Gasteiger partial charge in [-0.05, 0) is 18.4 Å². The third kappa shape index (κ3) is 8.00. The van der Waals surface area contributed by atoms with Gasteiger partial charge in [-0.3, -0.25) is 0 Å². The molecule has 4 heteroatoms. The van der Waals surface area contributed by atoms with Crippen molar-refractivity contribution in [2.24, 2.45) is 5.92 Å². The van der Waals surface area contributed by atoms with Gasteiger partial charge in [-0.25, -0.2) is 0 Å². The molecule has 0 aliphatic carbocycles. The molecule has 0 unspecified atom stereocenters. The molecule has 0 aromatic rings. The van der Waals surface area contributed by atoms with Crippen LogP contribution < -0.4 is 6.15 Å². The Balaban J connectivity index is 0. The summed E-state index contributed by atoms with van der Waals surface area (Å²) in [7, 11) is 2.23. The van der Waals surface area contributed by atoms with Gasteiger partial charge in [0.1, 0.15) is 0 Å². The first kappa shape index (κ1) is 13.7. The molecular formula is C7H21NO2Si. The summed E-state index contributed by atoms with van der Waals surface area (Å²) in [5, 5.41) is 0. The molecule has 0 saturated heterocycles. The second kappa shape index (κ2) is 8.20. The van der Waals surface area contributed by atoms with E-state index in [1.165, 1.54) is 6.42 Å². The van der Waals surface area contributed by atoms with Crippen molar-refractivity contribution in [1.82, 2.24) is 6.15 Å². The van der Waals surface area contributed by atoms with E-state index in [2.05, 4.69) is 13.8 Å². The van der Waals surface area contributed by atoms with Crippen LogP contribution in [0.5, 0.6) is 0 Å². The molecule has 0 saturated carbocycles. The third-order valence-corrected chi connectivity index (χ3v) is 3.36. The molecule has 0 aliphatic rings. The molecule has 0 aliphatic heterocycles. The van der Waals surface area contributed by atoms with Crippen molar-refractivity contribution < 1.29 is 8.85 Å². The van der Waals surface area contributed by atoms with Crippen molar-refractivity contribution in [3.63, 3.8) is 0 Å². The average Bonchev–Trinajstić information content (AvgIpc) is 1.90. The molecule has 0 heterocycles. The summed E-state index contributed by atoms with van der Waals surface area (Å²) in [5.41, 5.74) is 0. The van der Waals surface area contributed by atoms with Crippen LogP contribution in [-0.4, -0.2) is 23.5 Å². The van der Waals surface area contributed by atoms with Crippen LogP contribution in [0.1, 0.15) is 20.3 Å². The summed E-state index contributed by atoms with van der Waals surface area (Å²) in [6.45, 7) is 4.44. The van der Waals surface area contributed by atoms with E-state index < -0.39 is 9.28 Å². The highest BCUT2D eigenvalue weighted by Gasteiger charge is 2.09. The molecule has 0 amide bonds. The molecule has 3 N–H and O–H groups in total. The quantitative estimate of drug-likeness (QED) is 0.654. The maximum absolute atomic E-state index is 5.17. The Morgan fingerprint density at radius 1 is 1.18 bits per heavy atom. The van der Waals surface area contributed by atoms with E-state index in [-0.39, 0.29) is 6.15 Å². The van der Waals surface area contributed by atoms with Gasteiger partial charge in [0, 0.05) is 14.2 Å². The topological polar surface area (TPSA) is 53.5 Å². The predicted octanol–water partition coefficient (Wildman–Crippen LogP) is 1.71. The van der Waals surface area contributed by atoms with Gasteiger partial charge in [0.25, 0.3) is 0 Å². The van der Waals surface area contributed by atoms with Crippen molar-refractivity contribution in [3.05, 3.63) is 0 Å². The summed E-state index contributed by atoms with van der Waals surface area (Å²) in [6.07, 6.45) is 1.22. The minimum absolute atomic E-state index is 0. The highest BCUT2D eigenvalue weighted by molar-refractivity contribution is 6.44. The van der Waals surface area contributed by atoms with Crippen molar-refractivity contribution in [3.8, 4) is 0 Å². The van der Waals surface area contributed by atoms with Crippen LogP contribution in [0.3, 0.4) is 0 Å². The lowest BCUT2D eigenvalue weighted by atomic mass is 10.2. The zero-order valence-corrected chi connectivity index (χ0v) is 9.25. The van der Waals surface area contributed by atoms with Gasteiger partial charge in [-0.1, -0.05) is 13.8 Å². The zero-order valence-electron chi connectivity index (χ0n) is 8.09. The third-order valence-electron chi connectivity index (χ3n) is 1.51. The van der Waals surface area contributed by atoms with Gasteiger partial charge in [0.05, 0.1) is 0 Å². The normalized spacial score (nSPS) is 10.4. The summed E-state index contributed by atoms with van der Waals surface area (Å²) >= 11 is 0. The Bertz CT molecular complexity index is 76.8. The van der Waals surface area contributed by atoms with Gasteiger partial charge in [-0.15, -0.1) is 0 Å². The van der Waals surface area contributed by atoms with Crippen LogP contribution in [0.4, 0.5) is 0 Å². The second-order valence-electron chi connectivity index (χ2n) is 2.87. The molecule has 0 aromatic carbocycles. The Morgan fingerprint density at radius 2 is 1.64 bits per heavy atom. The molecule has 0 fully saturated rings. The fraction of sp³-hybridized carbons (Fsp3) is 1.00. The van der Waals surface area contributed by atoms with Crippen molar-refractivity contribution in [2.45, 2.75) is 26.3 Å². The molecule has 0 spiro atoms. The molecule has 0 rings (SSSR count). The molecule has 3 nitrogen and oxygen atoms in total. The van der Waals surface area contributed by atoms with Gasteiger partial charge in [0.2, 0.25) is 0 Å². The molecule has 70 valence electrons. The predicted molar refractivity (Wildman–Crippen MR) is 50.5 cm³/mol. The largest absolute Gasteiger partial charge is 0.400 e. The van der Waals surface area contributed by atoms with Crippen LogP contribution >= 0.6 is 0 Å². The van der Waals surface area contributed by atoms with E-state index in [0.717, 1.165) is 12.0 Å². The highest BCUT2D eigenvalue weighted by Crippen LogP contribution is 2.07. The number of hydrogen-bond donors (Lipinski definition) is 1. The lowest BCUT2D eigenvalue weighted by molar-refractivity contribution is 0.274.